The quantitative estimate of drug-likeness (QED) is 0.103. The van der Waals surface area contributed by atoms with Crippen LogP contribution in [0.3, 0.4) is 0 Å². The summed E-state index contributed by atoms with van der Waals surface area (Å²) in [7, 11) is 0. The van der Waals surface area contributed by atoms with Crippen molar-refractivity contribution in [3.05, 3.63) is 19.6 Å². The van der Waals surface area contributed by atoms with E-state index in [4.69, 9.17) is 8.97 Å². The summed E-state index contributed by atoms with van der Waals surface area (Å²) in [6.07, 6.45) is -9.52. The number of aliphatic hydroxyl groups is 1. The van der Waals surface area contributed by atoms with Crippen molar-refractivity contribution in [2.24, 2.45) is 5.92 Å². The van der Waals surface area contributed by atoms with E-state index in [1.165, 1.54) is 0 Å². The Morgan fingerprint density at radius 3 is 1.51 bits per heavy atom. The van der Waals surface area contributed by atoms with Crippen LogP contribution in [0, 0.1) is 18.9 Å². The van der Waals surface area contributed by atoms with Gasteiger partial charge in [0, 0.05) is 5.75 Å². The number of ether oxygens (including phenoxy) is 2. The van der Waals surface area contributed by atoms with E-state index in [0.29, 0.717) is 11.8 Å². The van der Waals surface area contributed by atoms with Crippen LogP contribution in [0.5, 0.6) is 0 Å². The number of thioether (sulfide) groups is 1. The van der Waals surface area contributed by atoms with Crippen LogP contribution in [0.2, 0.25) is 0 Å². The SMILES string of the molecule is C=[C-]C.[CH2-]C(O)COC(=O)CSCC(C)C(=O)OCCC(F)(F)C(F)(F)C(F)(F)C(F)(F)C(F)(F)C(F)(F)C(F)(F)C(F)(F)F.[O]=[Co]. The molecular formula is C22H23CoF17O6S-2. The Hall–Kier alpha value is -1.89. The van der Waals surface area contributed by atoms with E-state index in [2.05, 4.69) is 44.7 Å². The Labute approximate surface area is 266 Å². The molecule has 0 saturated heterocycles. The Morgan fingerprint density at radius 1 is 0.787 bits per heavy atom. The van der Waals surface area contributed by atoms with Crippen LogP contribution < -0.4 is 0 Å². The molecule has 0 aromatic rings. The van der Waals surface area contributed by atoms with Gasteiger partial charge in [0.25, 0.3) is 0 Å². The van der Waals surface area contributed by atoms with Gasteiger partial charge in [-0.05, 0) is 6.10 Å². The molecular weight excluding hydrogens is 774 g/mol. The van der Waals surface area contributed by atoms with Crippen molar-refractivity contribution in [1.82, 2.24) is 0 Å². The maximum absolute atomic E-state index is 13.8. The van der Waals surface area contributed by atoms with Gasteiger partial charge in [0.15, 0.2) is 0 Å². The van der Waals surface area contributed by atoms with Crippen LogP contribution in [0.4, 0.5) is 74.6 Å². The number of esters is 2. The number of aliphatic hydroxyl groups excluding tert-OH is 1. The number of halogens is 17. The van der Waals surface area contributed by atoms with E-state index < -0.39 is 97.0 Å². The summed E-state index contributed by atoms with van der Waals surface area (Å²) in [5.74, 6) is -61.9. The van der Waals surface area contributed by atoms with Gasteiger partial charge in [-0.3, -0.25) is 16.2 Å². The van der Waals surface area contributed by atoms with Crippen molar-refractivity contribution >= 4 is 23.7 Å². The molecule has 0 saturated carbocycles. The number of rotatable bonds is 16. The predicted molar refractivity (Wildman–Crippen MR) is 120 cm³/mol. The topological polar surface area (TPSA) is 89.9 Å². The van der Waals surface area contributed by atoms with Gasteiger partial charge < -0.3 is 27.6 Å². The molecule has 2 unspecified atom stereocenters. The number of allylic oxidation sites excluding steroid dienone is 1. The summed E-state index contributed by atoms with van der Waals surface area (Å²) in [4.78, 5) is 23.0. The van der Waals surface area contributed by atoms with E-state index >= 15 is 0 Å². The van der Waals surface area contributed by atoms with Gasteiger partial charge in [0.1, 0.15) is 0 Å². The zero-order chi connectivity index (χ0) is 38.7. The van der Waals surface area contributed by atoms with Gasteiger partial charge in [0.05, 0.1) is 31.3 Å². The molecule has 0 rings (SSSR count). The second kappa shape index (κ2) is 18.2. The molecule has 47 heavy (non-hydrogen) atoms. The summed E-state index contributed by atoms with van der Waals surface area (Å²) < 4.78 is 241. The Balaban J connectivity index is -0.00000364. The Morgan fingerprint density at radius 2 is 1.15 bits per heavy atom. The minimum absolute atomic E-state index is 0.385. The molecule has 25 heteroatoms. The molecule has 0 aliphatic rings. The average molecular weight is 797 g/mol. The van der Waals surface area contributed by atoms with Crippen LogP contribution in [-0.4, -0.2) is 95.5 Å². The monoisotopic (exact) mass is 797 g/mol. The first-order valence-corrected chi connectivity index (χ1v) is 13.1. The Bertz CT molecular complexity index is 1010. The standard InChI is InChI=1S/C19H18F17O5S.C3H5.Co.O/c1-8(6-42-7-10(38)41-5-9(2)37)11(39)40-4-3-12(20,21)13(22,23)14(24,25)15(26,27)16(28,29)17(30,31)18(32,33)19(34,35)36;1-3-2;;/h8-9,37H,2-7H2,1H3;1H2,2H3;;/q2*-1;;. The molecule has 0 amide bonds. The number of hydrogen-bond acceptors (Lipinski definition) is 7. The number of carbonyl (C=O) groups excluding carboxylic acids is 2. The third kappa shape index (κ3) is 11.3. The fourth-order valence-electron chi connectivity index (χ4n) is 2.39. The average Bonchev–Trinajstić information content (AvgIpc) is 2.91. The second-order valence-corrected chi connectivity index (χ2v) is 9.70. The number of carbonyl (C=O) groups is 2. The first kappa shape index (κ1) is 49.5. The molecule has 2 atom stereocenters. The van der Waals surface area contributed by atoms with Gasteiger partial charge in [0.2, 0.25) is 0 Å². The molecule has 6 nitrogen and oxygen atoms in total. The van der Waals surface area contributed by atoms with E-state index in [1.54, 1.807) is 6.92 Å². The molecule has 0 aromatic heterocycles. The summed E-state index contributed by atoms with van der Waals surface area (Å²) in [6, 6.07) is 0. The van der Waals surface area contributed by atoms with Gasteiger partial charge in [-0.1, -0.05) is 6.92 Å². The summed E-state index contributed by atoms with van der Waals surface area (Å²) in [5.41, 5.74) is 0. The van der Waals surface area contributed by atoms with Crippen molar-refractivity contribution in [3.8, 4) is 0 Å². The zero-order valence-electron chi connectivity index (χ0n) is 23.3. The molecule has 0 aliphatic heterocycles. The van der Waals surface area contributed by atoms with Gasteiger partial charge in [-0.25, -0.2) is 0 Å². The third-order valence-corrected chi connectivity index (χ3v) is 6.05. The summed E-state index contributed by atoms with van der Waals surface area (Å²) in [6.45, 7) is 6.47. The maximum atomic E-state index is 13.8. The third-order valence-electron chi connectivity index (χ3n) is 4.87. The second-order valence-electron chi connectivity index (χ2n) is 8.67. The molecule has 0 aliphatic carbocycles. The van der Waals surface area contributed by atoms with E-state index in [9.17, 15) is 84.2 Å². The van der Waals surface area contributed by atoms with Crippen molar-refractivity contribution in [3.63, 3.8) is 0 Å². The number of hydrogen-bond donors (Lipinski definition) is 1. The molecule has 0 bridgehead atoms. The first-order valence-electron chi connectivity index (χ1n) is 11.5. The van der Waals surface area contributed by atoms with Crippen molar-refractivity contribution in [1.29, 1.82) is 0 Å². The fraction of sp³-hybridized carbons (Fsp3) is 0.773. The van der Waals surface area contributed by atoms with E-state index in [1.807, 2.05) is 0 Å². The first-order chi connectivity index (χ1) is 20.8. The molecule has 0 fully saturated rings. The van der Waals surface area contributed by atoms with Gasteiger partial charge >= 0.3 is 79.1 Å². The molecule has 0 aromatic carbocycles. The van der Waals surface area contributed by atoms with Crippen LogP contribution in [0.1, 0.15) is 20.3 Å². The zero-order valence-corrected chi connectivity index (χ0v) is 25.1. The van der Waals surface area contributed by atoms with E-state index in [0.717, 1.165) is 6.92 Å². The normalized spacial score (nSPS) is 14.9. The van der Waals surface area contributed by atoms with Crippen molar-refractivity contribution in [2.75, 3.05) is 24.7 Å². The van der Waals surface area contributed by atoms with Crippen LogP contribution in [0.25, 0.3) is 0 Å². The number of alkyl halides is 17. The molecule has 0 heterocycles. The van der Waals surface area contributed by atoms with Crippen molar-refractivity contribution < 1.29 is 118 Å². The summed E-state index contributed by atoms with van der Waals surface area (Å²) >= 11 is 2.93. The fourth-order valence-corrected chi connectivity index (χ4v) is 3.25. The van der Waals surface area contributed by atoms with Crippen molar-refractivity contribution in [2.45, 2.75) is 74.0 Å². The van der Waals surface area contributed by atoms with Crippen LogP contribution in [0.15, 0.2) is 6.58 Å². The van der Waals surface area contributed by atoms with E-state index in [-0.39, 0.29) is 5.75 Å². The van der Waals surface area contributed by atoms with Gasteiger partial charge in [-0.15, -0.1) is 11.8 Å². The van der Waals surface area contributed by atoms with Gasteiger partial charge in [-0.2, -0.15) is 81.6 Å². The predicted octanol–water partition coefficient (Wildman–Crippen LogP) is 6.91. The molecule has 0 radical (unpaired) electrons. The molecule has 1 N–H and O–H groups in total. The van der Waals surface area contributed by atoms with Crippen LogP contribution in [-0.2, 0) is 38.6 Å². The Kier molecular flexibility index (Phi) is 19.2. The van der Waals surface area contributed by atoms with Crippen LogP contribution >= 0.6 is 11.8 Å². The molecule has 0 spiro atoms. The summed E-state index contributed by atoms with van der Waals surface area (Å²) in [5, 5.41) is 8.82. The minimum atomic E-state index is -8.72. The molecule has 283 valence electrons.